The van der Waals surface area contributed by atoms with E-state index in [1.165, 1.54) is 0 Å². The monoisotopic (exact) mass is 105 g/mol. The van der Waals surface area contributed by atoms with Gasteiger partial charge in [-0.3, -0.25) is 0 Å². The Balaban J connectivity index is -0.00000000167. The van der Waals surface area contributed by atoms with E-state index in [1.54, 1.807) is 0 Å². The van der Waals surface area contributed by atoms with Crippen LogP contribution >= 0.6 is 0 Å². The van der Waals surface area contributed by atoms with Gasteiger partial charge in [0.2, 0.25) is 0 Å². The number of thiol groups is 1. The summed E-state index contributed by atoms with van der Waals surface area (Å²) in [7, 11) is 0. The first kappa shape index (κ1) is 28.9. The van der Waals surface area contributed by atoms with Crippen LogP contribution < -0.4 is 59.1 Å². The van der Waals surface area contributed by atoms with Gasteiger partial charge in [-0.2, -0.15) is 0 Å². The summed E-state index contributed by atoms with van der Waals surface area (Å²) in [6.45, 7) is 4.75. The summed E-state index contributed by atoms with van der Waals surface area (Å²) in [6.07, 6.45) is 0. The molecular formula is CHNNa2S. The van der Waals surface area contributed by atoms with Crippen LogP contribution in [0.5, 0.6) is 0 Å². The molecule has 0 aromatic heterocycles. The minimum atomic E-state index is 0. The number of nitrogens with zero attached hydrogens (tertiary/aromatic N) is 1. The van der Waals surface area contributed by atoms with Gasteiger partial charge in [0.05, 0.1) is 0 Å². The molecule has 0 saturated heterocycles. The third-order valence-corrected chi connectivity index (χ3v) is 0. The molecule has 0 aliphatic heterocycles. The quantitative estimate of drug-likeness (QED) is 0.132. The topological polar surface area (TPSA) is 23.8 Å². The Kier molecular flexibility index (Phi) is 234. The van der Waals surface area contributed by atoms with Gasteiger partial charge in [-0.25, -0.2) is 0 Å². The van der Waals surface area contributed by atoms with E-state index in [4.69, 9.17) is 11.8 Å². The zero-order valence-corrected chi connectivity index (χ0v) is 8.29. The van der Waals surface area contributed by atoms with Crippen LogP contribution in [0.1, 0.15) is 0 Å². The van der Waals surface area contributed by atoms with E-state index in [2.05, 4.69) is 0 Å². The Bertz CT molecular complexity index is 14.4. The van der Waals surface area contributed by atoms with Crippen molar-refractivity contribution in [2.45, 2.75) is 0 Å². The normalized spacial score (nSPS) is 0.400. The SMILES string of the molecule is [C-]#N.[Na+].[Na+].[SH-]. The molecule has 0 aromatic carbocycles. The maximum absolute atomic E-state index is 6.25. The number of rotatable bonds is 0. The number of hydrogen-bond acceptors (Lipinski definition) is 2. The fraction of sp³-hybridized carbons (Fsp3) is 0. The molecular weight excluding hydrogens is 104 g/mol. The van der Waals surface area contributed by atoms with Crippen molar-refractivity contribution in [3.8, 4) is 0 Å². The first-order chi connectivity index (χ1) is 1.00. The molecule has 0 bridgehead atoms. The molecule has 0 amide bonds. The first-order valence-corrected chi connectivity index (χ1v) is 0.224. The summed E-state index contributed by atoms with van der Waals surface area (Å²) >= 11 is 0. The van der Waals surface area contributed by atoms with Gasteiger partial charge < -0.3 is 25.3 Å². The minimum absolute atomic E-state index is 0. The summed E-state index contributed by atoms with van der Waals surface area (Å²) in [5.41, 5.74) is 0. The van der Waals surface area contributed by atoms with Gasteiger partial charge in [-0.15, -0.1) is 0 Å². The van der Waals surface area contributed by atoms with Crippen molar-refractivity contribution in [1.82, 2.24) is 0 Å². The van der Waals surface area contributed by atoms with E-state index in [1.807, 2.05) is 0 Å². The largest absolute Gasteiger partial charge is 1.00 e. The van der Waals surface area contributed by atoms with Gasteiger partial charge in [-0.05, 0) is 0 Å². The Morgan fingerprint density at radius 2 is 1.00 bits per heavy atom. The smallest absolute Gasteiger partial charge is 0.813 e. The molecule has 4 heteroatoms. The predicted octanol–water partition coefficient (Wildman–Crippen LogP) is -6.17. The predicted molar refractivity (Wildman–Crippen MR) is 13.7 cm³/mol. The summed E-state index contributed by atoms with van der Waals surface area (Å²) in [6, 6.07) is 0. The third kappa shape index (κ3) is 25.4. The fourth-order valence-electron chi connectivity index (χ4n) is 0. The van der Waals surface area contributed by atoms with E-state index < -0.39 is 0 Å². The molecule has 0 atom stereocenters. The second kappa shape index (κ2) is 40.4. The maximum Gasteiger partial charge on any atom is 1.00 e. The summed E-state index contributed by atoms with van der Waals surface area (Å²) in [5.74, 6) is 0. The van der Waals surface area contributed by atoms with Gasteiger partial charge in [0.15, 0.2) is 0 Å². The third-order valence-electron chi connectivity index (χ3n) is 0. The van der Waals surface area contributed by atoms with Crippen molar-refractivity contribution >= 4 is 13.5 Å². The molecule has 0 aromatic rings. The van der Waals surface area contributed by atoms with E-state index in [0.29, 0.717) is 0 Å². The van der Waals surface area contributed by atoms with Crippen LogP contribution in [-0.2, 0) is 13.5 Å². The molecule has 0 unspecified atom stereocenters. The standard InChI is InChI=1S/CN.2Na.H2S/c1-2;;;/h;;;1H2/q-1;2*+1;/p-1. The molecule has 0 heterocycles. The first-order valence-electron chi connectivity index (χ1n) is 0.224. The van der Waals surface area contributed by atoms with Crippen LogP contribution in [0.15, 0.2) is 0 Å². The molecule has 1 nitrogen and oxygen atoms in total. The van der Waals surface area contributed by atoms with Crippen molar-refractivity contribution < 1.29 is 59.1 Å². The molecule has 0 fully saturated rings. The van der Waals surface area contributed by atoms with Crippen LogP contribution in [0.3, 0.4) is 0 Å². The summed E-state index contributed by atoms with van der Waals surface area (Å²) in [5, 5.41) is 6.25. The molecule has 0 aliphatic carbocycles. The van der Waals surface area contributed by atoms with Crippen LogP contribution in [-0.4, -0.2) is 0 Å². The van der Waals surface area contributed by atoms with Crippen molar-refractivity contribution in [3.05, 3.63) is 6.57 Å². The molecule has 0 aliphatic rings. The van der Waals surface area contributed by atoms with E-state index in [-0.39, 0.29) is 72.6 Å². The number of hydrogen-bond donors (Lipinski definition) is 0. The average molecular weight is 105 g/mol. The van der Waals surface area contributed by atoms with Crippen molar-refractivity contribution in [1.29, 1.82) is 5.26 Å². The molecule has 0 N–H and O–H groups in total. The summed E-state index contributed by atoms with van der Waals surface area (Å²) in [4.78, 5) is 0. The Morgan fingerprint density at radius 1 is 1.00 bits per heavy atom. The average Bonchev–Trinajstić information content (AvgIpc) is 1.00. The Morgan fingerprint density at radius 3 is 1.00 bits per heavy atom. The second-order valence-electron chi connectivity index (χ2n) is 0. The molecule has 0 rings (SSSR count). The Hall–Kier alpha value is 1.84. The van der Waals surface area contributed by atoms with Crippen LogP contribution in [0.25, 0.3) is 0 Å². The molecule has 5 heavy (non-hydrogen) atoms. The van der Waals surface area contributed by atoms with Crippen molar-refractivity contribution in [2.75, 3.05) is 0 Å². The van der Waals surface area contributed by atoms with Gasteiger partial charge in [-0.1, -0.05) is 0 Å². The fourth-order valence-corrected chi connectivity index (χ4v) is 0. The van der Waals surface area contributed by atoms with Crippen LogP contribution in [0.4, 0.5) is 0 Å². The zero-order chi connectivity index (χ0) is 2.00. The van der Waals surface area contributed by atoms with Crippen molar-refractivity contribution in [2.24, 2.45) is 0 Å². The zero-order valence-electron chi connectivity index (χ0n) is 3.39. The minimum Gasteiger partial charge on any atom is -0.813 e. The summed E-state index contributed by atoms with van der Waals surface area (Å²) < 4.78 is 0. The van der Waals surface area contributed by atoms with E-state index in [0.717, 1.165) is 0 Å². The molecule has 18 valence electrons. The van der Waals surface area contributed by atoms with Gasteiger partial charge in [0.1, 0.15) is 0 Å². The second-order valence-corrected chi connectivity index (χ2v) is 0. The van der Waals surface area contributed by atoms with Gasteiger partial charge >= 0.3 is 59.1 Å². The van der Waals surface area contributed by atoms with Gasteiger partial charge in [0, 0.05) is 0 Å². The Labute approximate surface area is 83.2 Å². The van der Waals surface area contributed by atoms with E-state index >= 15 is 0 Å². The van der Waals surface area contributed by atoms with Crippen LogP contribution in [0.2, 0.25) is 0 Å². The molecule has 0 saturated carbocycles. The maximum atomic E-state index is 6.25. The van der Waals surface area contributed by atoms with Crippen molar-refractivity contribution in [3.63, 3.8) is 0 Å². The van der Waals surface area contributed by atoms with Gasteiger partial charge in [0.25, 0.3) is 0 Å². The van der Waals surface area contributed by atoms with E-state index in [9.17, 15) is 0 Å². The van der Waals surface area contributed by atoms with Crippen LogP contribution in [0, 0.1) is 11.8 Å². The molecule has 0 spiro atoms. The molecule has 0 radical (unpaired) electrons.